The molecular weight excluding hydrogens is 561 g/mol. The van der Waals surface area contributed by atoms with Crippen molar-refractivity contribution in [3.8, 4) is 0 Å². The van der Waals surface area contributed by atoms with E-state index < -0.39 is 33.5 Å². The van der Waals surface area contributed by atoms with E-state index in [1.165, 1.54) is 55.7 Å². The van der Waals surface area contributed by atoms with E-state index in [1.54, 1.807) is 0 Å². The number of pyridine rings is 1. The van der Waals surface area contributed by atoms with Gasteiger partial charge in [-0.15, -0.1) is 0 Å². The number of piperazine rings is 1. The standard InChI is InChI=1S/C27H29F3N6O4S/c1-31-25(37)24-16-22(9-10-32-24)41(39,40)21-7-5-19(6-8-21)33-26(38)34-20-4-3-18(23(15-20)27(28,29)30)17-36-13-11-35(2)12-14-36/h3-10,15-16H,11-14,17H2,1-2H3,(H,31,37)(H2,33,34,38). The van der Waals surface area contributed by atoms with Crippen LogP contribution in [0.15, 0.2) is 70.6 Å². The molecule has 0 saturated carbocycles. The van der Waals surface area contributed by atoms with Crippen LogP contribution in [0.4, 0.5) is 29.3 Å². The van der Waals surface area contributed by atoms with E-state index in [0.717, 1.165) is 25.2 Å². The van der Waals surface area contributed by atoms with Crippen molar-refractivity contribution >= 4 is 33.2 Å². The van der Waals surface area contributed by atoms with Gasteiger partial charge in [0.25, 0.3) is 5.91 Å². The van der Waals surface area contributed by atoms with Gasteiger partial charge in [0, 0.05) is 57.3 Å². The Hall–Kier alpha value is -4.01. The van der Waals surface area contributed by atoms with Crippen molar-refractivity contribution in [2.75, 3.05) is 50.9 Å². The zero-order valence-corrected chi connectivity index (χ0v) is 23.1. The van der Waals surface area contributed by atoms with Gasteiger partial charge in [-0.2, -0.15) is 13.2 Å². The van der Waals surface area contributed by atoms with Crippen molar-refractivity contribution in [1.82, 2.24) is 20.1 Å². The number of benzene rings is 2. The molecule has 4 rings (SSSR count). The molecule has 1 aliphatic rings. The van der Waals surface area contributed by atoms with Gasteiger partial charge in [-0.3, -0.25) is 14.7 Å². The first-order valence-corrected chi connectivity index (χ1v) is 14.1. The highest BCUT2D eigenvalue weighted by Crippen LogP contribution is 2.34. The van der Waals surface area contributed by atoms with Gasteiger partial charge in [0.05, 0.1) is 15.4 Å². The number of carbonyl (C=O) groups excluding carboxylic acids is 2. The second-order valence-electron chi connectivity index (χ2n) is 9.51. The van der Waals surface area contributed by atoms with Gasteiger partial charge in [-0.25, -0.2) is 13.2 Å². The molecule has 218 valence electrons. The topological polar surface area (TPSA) is 124 Å². The first kappa shape index (κ1) is 30.0. The predicted octanol–water partition coefficient (Wildman–Crippen LogP) is 3.68. The van der Waals surface area contributed by atoms with E-state index in [9.17, 15) is 31.2 Å². The summed E-state index contributed by atoms with van der Waals surface area (Å²) in [6.07, 6.45) is -3.39. The minimum atomic E-state index is -4.60. The normalized spacial score (nSPS) is 14.9. The van der Waals surface area contributed by atoms with E-state index in [0.29, 0.717) is 13.1 Å². The van der Waals surface area contributed by atoms with Crippen LogP contribution in [0.2, 0.25) is 0 Å². The Morgan fingerprint density at radius 3 is 2.17 bits per heavy atom. The predicted molar refractivity (Wildman–Crippen MR) is 146 cm³/mol. The molecule has 2 aromatic carbocycles. The van der Waals surface area contributed by atoms with Crippen LogP contribution >= 0.6 is 0 Å². The maximum Gasteiger partial charge on any atom is 0.416 e. The minimum Gasteiger partial charge on any atom is -0.354 e. The molecular formula is C27H29F3N6O4S. The fourth-order valence-corrected chi connectivity index (χ4v) is 5.55. The third-order valence-corrected chi connectivity index (χ3v) is 8.35. The number of carbonyl (C=O) groups is 2. The summed E-state index contributed by atoms with van der Waals surface area (Å²) in [6, 6.07) is 10.5. The lowest BCUT2D eigenvalue weighted by atomic mass is 10.0. The molecule has 1 aliphatic heterocycles. The van der Waals surface area contributed by atoms with Crippen molar-refractivity contribution in [1.29, 1.82) is 0 Å². The smallest absolute Gasteiger partial charge is 0.354 e. The monoisotopic (exact) mass is 590 g/mol. The number of halogens is 3. The molecule has 1 fully saturated rings. The van der Waals surface area contributed by atoms with Gasteiger partial charge < -0.3 is 20.9 Å². The Morgan fingerprint density at radius 2 is 1.54 bits per heavy atom. The number of hydrogen-bond donors (Lipinski definition) is 3. The number of aromatic nitrogens is 1. The Bertz CT molecular complexity index is 1520. The molecule has 14 heteroatoms. The lowest BCUT2D eigenvalue weighted by Gasteiger charge is -2.33. The van der Waals surface area contributed by atoms with Gasteiger partial charge in [-0.1, -0.05) is 6.07 Å². The number of likely N-dealkylation sites (N-methyl/N-ethyl adjacent to an activating group) is 1. The van der Waals surface area contributed by atoms with Crippen LogP contribution in [0.1, 0.15) is 21.6 Å². The zero-order chi connectivity index (χ0) is 29.8. The third-order valence-electron chi connectivity index (χ3n) is 6.59. The first-order chi connectivity index (χ1) is 19.4. The Balaban J connectivity index is 1.44. The number of anilines is 2. The molecule has 3 aromatic rings. The number of nitrogens with zero attached hydrogens (tertiary/aromatic N) is 3. The van der Waals surface area contributed by atoms with Crippen molar-refractivity contribution in [2.45, 2.75) is 22.5 Å². The number of nitrogens with one attached hydrogen (secondary N) is 3. The molecule has 10 nitrogen and oxygen atoms in total. The molecule has 0 bridgehead atoms. The Labute approximate surface area is 235 Å². The third kappa shape index (κ3) is 7.39. The molecule has 0 unspecified atom stereocenters. The lowest BCUT2D eigenvalue weighted by molar-refractivity contribution is -0.138. The molecule has 3 amide bonds. The van der Waals surface area contributed by atoms with Crippen LogP contribution in [-0.4, -0.2) is 75.4 Å². The summed E-state index contributed by atoms with van der Waals surface area (Å²) in [5, 5.41) is 7.25. The maximum atomic E-state index is 13.8. The van der Waals surface area contributed by atoms with Gasteiger partial charge in [0.1, 0.15) is 5.69 Å². The largest absolute Gasteiger partial charge is 0.416 e. The van der Waals surface area contributed by atoms with Gasteiger partial charge in [0.15, 0.2) is 0 Å². The van der Waals surface area contributed by atoms with Crippen LogP contribution < -0.4 is 16.0 Å². The fraction of sp³-hybridized carbons (Fsp3) is 0.296. The summed E-state index contributed by atoms with van der Waals surface area (Å²) in [4.78, 5) is 32.0. The van der Waals surface area contributed by atoms with E-state index in [1.807, 2.05) is 11.9 Å². The number of urea groups is 1. The summed E-state index contributed by atoms with van der Waals surface area (Å²) in [6.45, 7) is 3.02. The van der Waals surface area contributed by atoms with Crippen LogP contribution in [0.25, 0.3) is 0 Å². The molecule has 2 heterocycles. The summed E-state index contributed by atoms with van der Waals surface area (Å²) >= 11 is 0. The van der Waals surface area contributed by atoms with Crippen LogP contribution in [-0.2, 0) is 22.6 Å². The quantitative estimate of drug-likeness (QED) is 0.384. The summed E-state index contributed by atoms with van der Waals surface area (Å²) in [5.74, 6) is -0.542. The average molecular weight is 591 g/mol. The van der Waals surface area contributed by atoms with Crippen LogP contribution in [0, 0.1) is 0 Å². The second-order valence-corrected chi connectivity index (χ2v) is 11.5. The van der Waals surface area contributed by atoms with E-state index in [4.69, 9.17) is 0 Å². The summed E-state index contributed by atoms with van der Waals surface area (Å²) < 4.78 is 67.5. The molecule has 0 aliphatic carbocycles. The molecule has 1 aromatic heterocycles. The van der Waals surface area contributed by atoms with Crippen LogP contribution in [0.3, 0.4) is 0 Å². The molecule has 0 atom stereocenters. The van der Waals surface area contributed by atoms with E-state index in [2.05, 4.69) is 25.8 Å². The molecule has 0 spiro atoms. The van der Waals surface area contributed by atoms with Crippen molar-refractivity contribution in [2.24, 2.45) is 0 Å². The van der Waals surface area contributed by atoms with Crippen molar-refractivity contribution in [3.63, 3.8) is 0 Å². The average Bonchev–Trinajstić information content (AvgIpc) is 2.94. The van der Waals surface area contributed by atoms with Gasteiger partial charge in [-0.05, 0) is 61.1 Å². The zero-order valence-electron chi connectivity index (χ0n) is 22.3. The maximum absolute atomic E-state index is 13.8. The second kappa shape index (κ2) is 12.2. The number of rotatable bonds is 7. The molecule has 1 saturated heterocycles. The summed E-state index contributed by atoms with van der Waals surface area (Å²) in [5.41, 5.74) is -0.587. The van der Waals surface area contributed by atoms with Crippen LogP contribution in [0.5, 0.6) is 0 Å². The van der Waals surface area contributed by atoms with Gasteiger partial charge in [0.2, 0.25) is 9.84 Å². The fourth-order valence-electron chi connectivity index (χ4n) is 4.28. The number of alkyl halides is 3. The highest BCUT2D eigenvalue weighted by Gasteiger charge is 2.34. The highest BCUT2D eigenvalue weighted by atomic mass is 32.2. The number of hydrogen-bond acceptors (Lipinski definition) is 7. The highest BCUT2D eigenvalue weighted by molar-refractivity contribution is 7.91. The Morgan fingerprint density at radius 1 is 0.902 bits per heavy atom. The SMILES string of the molecule is CNC(=O)c1cc(S(=O)(=O)c2ccc(NC(=O)Nc3ccc(CN4CCN(C)CC4)c(C(F)(F)F)c3)cc2)ccn1. The first-order valence-electron chi connectivity index (χ1n) is 12.6. The minimum absolute atomic E-state index is 0.0410. The molecule has 41 heavy (non-hydrogen) atoms. The number of sulfone groups is 1. The van der Waals surface area contributed by atoms with E-state index in [-0.39, 0.29) is 39.0 Å². The van der Waals surface area contributed by atoms with E-state index >= 15 is 0 Å². The van der Waals surface area contributed by atoms with Crippen molar-refractivity contribution in [3.05, 3.63) is 77.6 Å². The van der Waals surface area contributed by atoms with Crippen molar-refractivity contribution < 1.29 is 31.2 Å². The summed E-state index contributed by atoms with van der Waals surface area (Å²) in [7, 11) is -0.632. The molecule has 3 N–H and O–H groups in total. The van der Waals surface area contributed by atoms with Gasteiger partial charge >= 0.3 is 12.2 Å². The lowest BCUT2D eigenvalue weighted by Crippen LogP contribution is -2.44. The number of amides is 3. The molecule has 0 radical (unpaired) electrons. The Kier molecular flexibility index (Phi) is 8.95.